The predicted octanol–water partition coefficient (Wildman–Crippen LogP) is 1.75. The molecule has 0 bridgehead atoms. The molecular weight excluding hydrogens is 272 g/mol. The molecule has 1 atom stereocenters. The van der Waals surface area contributed by atoms with E-state index in [9.17, 15) is 14.4 Å². The molecular formula is C15H16N2O4. The average molecular weight is 288 g/mol. The van der Waals surface area contributed by atoms with E-state index in [-0.39, 0.29) is 5.57 Å². The Morgan fingerprint density at radius 2 is 1.86 bits per heavy atom. The van der Waals surface area contributed by atoms with Gasteiger partial charge in [0.1, 0.15) is 6.04 Å². The quantitative estimate of drug-likeness (QED) is 0.841. The lowest BCUT2D eigenvalue weighted by Gasteiger charge is -2.35. The molecule has 110 valence electrons. The highest BCUT2D eigenvalue weighted by molar-refractivity contribution is 6.01. The second-order valence-corrected chi connectivity index (χ2v) is 4.66. The van der Waals surface area contributed by atoms with E-state index in [4.69, 9.17) is 4.74 Å². The van der Waals surface area contributed by atoms with Crippen LogP contribution in [-0.2, 0) is 14.3 Å². The number of hydrogen-bond acceptors (Lipinski definition) is 4. The topological polar surface area (TPSA) is 75.7 Å². The van der Waals surface area contributed by atoms with Gasteiger partial charge in [-0.2, -0.15) is 0 Å². The number of carbonyl (C=O) groups is 3. The van der Waals surface area contributed by atoms with E-state index < -0.39 is 23.9 Å². The fourth-order valence-electron chi connectivity index (χ4n) is 2.39. The third-order valence-corrected chi connectivity index (χ3v) is 3.31. The largest absolute Gasteiger partial charge is 0.466 e. The summed E-state index contributed by atoms with van der Waals surface area (Å²) in [5.41, 5.74) is 1.30. The number of benzene rings is 1. The van der Waals surface area contributed by atoms with Crippen LogP contribution in [0.5, 0.6) is 0 Å². The van der Waals surface area contributed by atoms with Gasteiger partial charge < -0.3 is 10.1 Å². The standard InChI is InChI=1S/C15H16N2O4/c1-9-12(14(19)21-3)13(11-7-5-4-6-8-11)17(10(2)18)15(20)16-9/h4-8,13H,1-3H3,(H,16,20). The number of nitrogens with one attached hydrogen (secondary N) is 1. The van der Waals surface area contributed by atoms with Crippen LogP contribution in [0.4, 0.5) is 4.79 Å². The van der Waals surface area contributed by atoms with Gasteiger partial charge >= 0.3 is 12.0 Å². The number of methoxy groups -OCH3 is 1. The molecule has 0 aliphatic carbocycles. The number of ether oxygens (including phenoxy) is 1. The number of hydrogen-bond donors (Lipinski definition) is 1. The zero-order chi connectivity index (χ0) is 15.6. The molecule has 6 heteroatoms. The molecule has 1 aromatic rings. The molecule has 1 unspecified atom stereocenters. The van der Waals surface area contributed by atoms with Crippen molar-refractivity contribution < 1.29 is 19.1 Å². The highest BCUT2D eigenvalue weighted by atomic mass is 16.5. The van der Waals surface area contributed by atoms with E-state index in [2.05, 4.69) is 5.32 Å². The molecule has 0 radical (unpaired) electrons. The normalized spacial score (nSPS) is 18.3. The van der Waals surface area contributed by atoms with E-state index in [0.29, 0.717) is 11.3 Å². The van der Waals surface area contributed by atoms with Crippen LogP contribution in [0.3, 0.4) is 0 Å². The Kier molecular flexibility index (Phi) is 4.07. The number of amides is 3. The molecule has 2 rings (SSSR count). The maximum atomic E-state index is 12.1. The SMILES string of the molecule is COC(=O)C1=C(C)NC(=O)N(C(C)=O)C1c1ccccc1. The molecule has 6 nitrogen and oxygen atoms in total. The Balaban J connectivity index is 2.64. The highest BCUT2D eigenvalue weighted by Gasteiger charge is 2.40. The number of urea groups is 1. The smallest absolute Gasteiger partial charge is 0.337 e. The van der Waals surface area contributed by atoms with Gasteiger partial charge in [-0.1, -0.05) is 30.3 Å². The lowest BCUT2D eigenvalue weighted by Crippen LogP contribution is -2.50. The molecule has 0 saturated carbocycles. The highest BCUT2D eigenvalue weighted by Crippen LogP contribution is 2.34. The maximum Gasteiger partial charge on any atom is 0.337 e. The maximum absolute atomic E-state index is 12.1. The molecule has 1 aromatic carbocycles. The van der Waals surface area contributed by atoms with Gasteiger partial charge in [-0.25, -0.2) is 9.59 Å². The second-order valence-electron chi connectivity index (χ2n) is 4.66. The fraction of sp³-hybridized carbons (Fsp3) is 0.267. The van der Waals surface area contributed by atoms with Crippen LogP contribution < -0.4 is 5.32 Å². The number of esters is 1. The summed E-state index contributed by atoms with van der Waals surface area (Å²) in [4.78, 5) is 37.0. The third kappa shape index (κ3) is 2.65. The summed E-state index contributed by atoms with van der Waals surface area (Å²) in [6.07, 6.45) is 0. The molecule has 0 saturated heterocycles. The first kappa shape index (κ1) is 14.8. The number of allylic oxidation sites excluding steroid dienone is 1. The van der Waals surface area contributed by atoms with E-state index in [1.165, 1.54) is 14.0 Å². The minimum absolute atomic E-state index is 0.249. The van der Waals surface area contributed by atoms with Gasteiger partial charge in [-0.3, -0.25) is 9.69 Å². The molecule has 0 fully saturated rings. The van der Waals surface area contributed by atoms with Gasteiger partial charge in [0.05, 0.1) is 12.7 Å². The zero-order valence-electron chi connectivity index (χ0n) is 12.0. The van der Waals surface area contributed by atoms with Crippen LogP contribution in [0.2, 0.25) is 0 Å². The fourth-order valence-corrected chi connectivity index (χ4v) is 2.39. The van der Waals surface area contributed by atoms with E-state index in [0.717, 1.165) is 4.90 Å². The lowest BCUT2D eigenvalue weighted by atomic mass is 9.94. The van der Waals surface area contributed by atoms with Crippen LogP contribution in [0.25, 0.3) is 0 Å². The van der Waals surface area contributed by atoms with Gasteiger partial charge in [0, 0.05) is 12.6 Å². The number of imide groups is 1. The first-order valence-corrected chi connectivity index (χ1v) is 6.42. The van der Waals surface area contributed by atoms with Crippen molar-refractivity contribution in [1.29, 1.82) is 0 Å². The monoisotopic (exact) mass is 288 g/mol. The van der Waals surface area contributed by atoms with Crippen LogP contribution in [0.15, 0.2) is 41.6 Å². The number of nitrogens with zero attached hydrogens (tertiary/aromatic N) is 1. The van der Waals surface area contributed by atoms with Gasteiger partial charge in [0.15, 0.2) is 0 Å². The molecule has 1 heterocycles. The lowest BCUT2D eigenvalue weighted by molar-refractivity contribution is -0.137. The van der Waals surface area contributed by atoms with Crippen molar-refractivity contribution in [2.75, 3.05) is 7.11 Å². The Morgan fingerprint density at radius 1 is 1.24 bits per heavy atom. The Morgan fingerprint density at radius 3 is 2.38 bits per heavy atom. The molecule has 21 heavy (non-hydrogen) atoms. The summed E-state index contributed by atoms with van der Waals surface area (Å²) in [5, 5.41) is 2.52. The van der Waals surface area contributed by atoms with E-state index in [1.807, 2.05) is 6.07 Å². The van der Waals surface area contributed by atoms with Gasteiger partial charge in [0.25, 0.3) is 0 Å². The molecule has 0 spiro atoms. The van der Waals surface area contributed by atoms with Gasteiger partial charge in [-0.15, -0.1) is 0 Å². The summed E-state index contributed by atoms with van der Waals surface area (Å²) in [5.74, 6) is -1.03. The predicted molar refractivity (Wildman–Crippen MR) is 75.0 cm³/mol. The summed E-state index contributed by atoms with van der Waals surface area (Å²) < 4.78 is 4.79. The molecule has 1 aliphatic heterocycles. The second kappa shape index (κ2) is 5.78. The van der Waals surface area contributed by atoms with E-state index in [1.54, 1.807) is 31.2 Å². The zero-order valence-corrected chi connectivity index (χ0v) is 12.0. The number of rotatable bonds is 2. The molecule has 0 aromatic heterocycles. The van der Waals surface area contributed by atoms with Crippen LogP contribution in [0, 0.1) is 0 Å². The Labute approximate surface area is 122 Å². The van der Waals surface area contributed by atoms with Crippen molar-refractivity contribution in [1.82, 2.24) is 10.2 Å². The van der Waals surface area contributed by atoms with Crippen molar-refractivity contribution in [2.24, 2.45) is 0 Å². The minimum atomic E-state index is -0.787. The summed E-state index contributed by atoms with van der Waals surface area (Å²) in [6.45, 7) is 2.89. The first-order valence-electron chi connectivity index (χ1n) is 6.42. The first-order chi connectivity index (χ1) is 9.97. The average Bonchev–Trinajstić information content (AvgIpc) is 2.46. The molecule has 1 aliphatic rings. The third-order valence-electron chi connectivity index (χ3n) is 3.31. The van der Waals surface area contributed by atoms with Gasteiger partial charge in [0.2, 0.25) is 5.91 Å². The van der Waals surface area contributed by atoms with Crippen molar-refractivity contribution >= 4 is 17.9 Å². The summed E-state index contributed by atoms with van der Waals surface area (Å²) in [7, 11) is 1.26. The molecule has 3 amide bonds. The summed E-state index contributed by atoms with van der Waals surface area (Å²) in [6, 6.07) is 7.56. The van der Waals surface area contributed by atoms with Crippen LogP contribution in [0.1, 0.15) is 25.5 Å². The number of carbonyl (C=O) groups excluding carboxylic acids is 3. The minimum Gasteiger partial charge on any atom is -0.466 e. The van der Waals surface area contributed by atoms with Gasteiger partial charge in [-0.05, 0) is 12.5 Å². The molecule has 1 N–H and O–H groups in total. The van der Waals surface area contributed by atoms with Crippen LogP contribution in [-0.4, -0.2) is 29.9 Å². The van der Waals surface area contributed by atoms with Crippen molar-refractivity contribution in [2.45, 2.75) is 19.9 Å². The van der Waals surface area contributed by atoms with E-state index >= 15 is 0 Å². The van der Waals surface area contributed by atoms with Crippen molar-refractivity contribution in [3.63, 3.8) is 0 Å². The Bertz CT molecular complexity index is 622. The van der Waals surface area contributed by atoms with Crippen molar-refractivity contribution in [3.05, 3.63) is 47.2 Å². The Hall–Kier alpha value is -2.63. The summed E-state index contributed by atoms with van der Waals surface area (Å²) >= 11 is 0. The van der Waals surface area contributed by atoms with Crippen molar-refractivity contribution in [3.8, 4) is 0 Å². The van der Waals surface area contributed by atoms with Crippen LogP contribution >= 0.6 is 0 Å².